The van der Waals surface area contributed by atoms with Gasteiger partial charge >= 0.3 is 0 Å². The minimum Gasteiger partial charge on any atom is -0.364 e. The molecule has 1 heterocycles. The van der Waals surface area contributed by atoms with E-state index < -0.39 is 0 Å². The molecule has 0 aliphatic heterocycles. The molecule has 0 spiro atoms. The predicted molar refractivity (Wildman–Crippen MR) is 58.7 cm³/mol. The van der Waals surface area contributed by atoms with Crippen molar-refractivity contribution in [2.75, 3.05) is 5.32 Å². The molecule has 0 amide bonds. The van der Waals surface area contributed by atoms with Crippen molar-refractivity contribution in [3.05, 3.63) is 11.3 Å². The van der Waals surface area contributed by atoms with Gasteiger partial charge in [-0.05, 0) is 40.5 Å². The summed E-state index contributed by atoms with van der Waals surface area (Å²) in [6.45, 7) is 8.60. The molecule has 1 saturated carbocycles. The quantitative estimate of drug-likeness (QED) is 0.758. The summed E-state index contributed by atoms with van der Waals surface area (Å²) in [5.74, 6) is 1.76. The molecule has 0 bridgehead atoms. The number of aromatic nitrogens is 2. The van der Waals surface area contributed by atoms with E-state index in [0.29, 0.717) is 0 Å². The second-order valence-corrected chi connectivity index (χ2v) is 5.26. The highest BCUT2D eigenvalue weighted by atomic mass is 15.2. The zero-order valence-electron chi connectivity index (χ0n) is 9.44. The topological polar surface area (TPSA) is 40.7 Å². The Hall–Kier alpha value is -0.990. The van der Waals surface area contributed by atoms with Gasteiger partial charge in [0.05, 0.1) is 0 Å². The summed E-state index contributed by atoms with van der Waals surface area (Å²) in [5, 5.41) is 10.9. The maximum Gasteiger partial charge on any atom is 0.151 e. The van der Waals surface area contributed by atoms with E-state index in [0.717, 1.165) is 11.7 Å². The Bertz CT molecular complexity index is 329. The van der Waals surface area contributed by atoms with Gasteiger partial charge in [0.2, 0.25) is 0 Å². The largest absolute Gasteiger partial charge is 0.364 e. The van der Waals surface area contributed by atoms with E-state index in [1.54, 1.807) is 0 Å². The Morgan fingerprint density at radius 1 is 1.36 bits per heavy atom. The number of nitrogens with zero attached hydrogens (tertiary/aromatic N) is 1. The molecule has 0 radical (unpaired) electrons. The standard InChI is InChI=1S/C11H19N3/c1-7-9(8-5-6-8)13-14-10(7)12-11(2,3)4/h8H,5-6H2,1-4H3,(H2,12,13,14). The van der Waals surface area contributed by atoms with Crippen LogP contribution in [0.1, 0.15) is 50.8 Å². The molecular formula is C11H19N3. The first-order valence-corrected chi connectivity index (χ1v) is 5.30. The van der Waals surface area contributed by atoms with Gasteiger partial charge in [0.15, 0.2) is 5.82 Å². The van der Waals surface area contributed by atoms with Gasteiger partial charge in [-0.1, -0.05) is 0 Å². The van der Waals surface area contributed by atoms with Crippen molar-refractivity contribution in [2.45, 2.75) is 52.0 Å². The lowest BCUT2D eigenvalue weighted by Gasteiger charge is -2.20. The third kappa shape index (κ3) is 1.91. The fourth-order valence-corrected chi connectivity index (χ4v) is 1.66. The van der Waals surface area contributed by atoms with Crippen LogP contribution in [-0.2, 0) is 0 Å². The van der Waals surface area contributed by atoms with Gasteiger partial charge in [0, 0.05) is 22.7 Å². The lowest BCUT2D eigenvalue weighted by atomic mass is 10.1. The van der Waals surface area contributed by atoms with Gasteiger partial charge in [-0.2, -0.15) is 5.10 Å². The number of aromatic amines is 1. The third-order valence-electron chi connectivity index (χ3n) is 2.53. The predicted octanol–water partition coefficient (Wildman–Crippen LogP) is 2.81. The molecule has 0 aromatic carbocycles. The maximum atomic E-state index is 4.33. The zero-order chi connectivity index (χ0) is 10.3. The average molecular weight is 193 g/mol. The van der Waals surface area contributed by atoms with E-state index in [4.69, 9.17) is 0 Å². The first-order chi connectivity index (χ1) is 6.47. The lowest BCUT2D eigenvalue weighted by molar-refractivity contribution is 0.629. The van der Waals surface area contributed by atoms with Gasteiger partial charge in [0.25, 0.3) is 0 Å². The van der Waals surface area contributed by atoms with Crippen molar-refractivity contribution >= 4 is 5.82 Å². The Labute approximate surface area is 85.3 Å². The van der Waals surface area contributed by atoms with Crippen molar-refractivity contribution in [1.29, 1.82) is 0 Å². The molecule has 0 saturated heterocycles. The van der Waals surface area contributed by atoms with E-state index >= 15 is 0 Å². The van der Waals surface area contributed by atoms with Crippen molar-refractivity contribution in [3.63, 3.8) is 0 Å². The number of nitrogens with one attached hydrogen (secondary N) is 2. The van der Waals surface area contributed by atoms with E-state index in [9.17, 15) is 0 Å². The van der Waals surface area contributed by atoms with Crippen LogP contribution in [0.5, 0.6) is 0 Å². The summed E-state index contributed by atoms with van der Waals surface area (Å²) in [4.78, 5) is 0. The Kier molecular flexibility index (Phi) is 2.05. The van der Waals surface area contributed by atoms with Crippen LogP contribution in [0.3, 0.4) is 0 Å². The van der Waals surface area contributed by atoms with E-state index in [1.807, 2.05) is 0 Å². The summed E-state index contributed by atoms with van der Waals surface area (Å²) < 4.78 is 0. The molecule has 14 heavy (non-hydrogen) atoms. The van der Waals surface area contributed by atoms with Crippen molar-refractivity contribution in [1.82, 2.24) is 10.2 Å². The molecule has 3 heteroatoms. The van der Waals surface area contributed by atoms with Gasteiger partial charge in [0.1, 0.15) is 0 Å². The Balaban J connectivity index is 2.18. The fraction of sp³-hybridized carbons (Fsp3) is 0.727. The maximum absolute atomic E-state index is 4.33. The van der Waals surface area contributed by atoms with Crippen molar-refractivity contribution in [3.8, 4) is 0 Å². The molecule has 0 unspecified atom stereocenters. The van der Waals surface area contributed by atoms with E-state index in [-0.39, 0.29) is 5.54 Å². The zero-order valence-corrected chi connectivity index (χ0v) is 9.44. The first-order valence-electron chi connectivity index (χ1n) is 5.30. The van der Waals surface area contributed by atoms with Crippen LogP contribution in [0.2, 0.25) is 0 Å². The van der Waals surface area contributed by atoms with Crippen LogP contribution in [0.4, 0.5) is 5.82 Å². The second kappa shape index (κ2) is 3.01. The normalized spacial score (nSPS) is 17.1. The lowest BCUT2D eigenvalue weighted by Crippen LogP contribution is -2.26. The Morgan fingerprint density at radius 3 is 2.50 bits per heavy atom. The molecule has 2 rings (SSSR count). The van der Waals surface area contributed by atoms with Crippen LogP contribution < -0.4 is 5.32 Å². The summed E-state index contributed by atoms with van der Waals surface area (Å²) in [5.41, 5.74) is 2.71. The van der Waals surface area contributed by atoms with Gasteiger partial charge in [-0.25, -0.2) is 0 Å². The molecule has 2 N–H and O–H groups in total. The SMILES string of the molecule is Cc1c(NC(C)(C)C)n[nH]c1C1CC1. The monoisotopic (exact) mass is 193 g/mol. The molecule has 1 aliphatic rings. The minimum atomic E-state index is 0.0841. The van der Waals surface area contributed by atoms with Gasteiger partial charge in [-0.15, -0.1) is 0 Å². The first kappa shape index (κ1) is 9.56. The number of H-pyrrole nitrogens is 1. The molecule has 78 valence electrons. The minimum absolute atomic E-state index is 0.0841. The molecular weight excluding hydrogens is 174 g/mol. The van der Waals surface area contributed by atoms with E-state index in [2.05, 4.69) is 43.2 Å². The summed E-state index contributed by atoms with van der Waals surface area (Å²) in [7, 11) is 0. The van der Waals surface area contributed by atoms with Crippen LogP contribution in [0, 0.1) is 6.92 Å². The second-order valence-electron chi connectivity index (χ2n) is 5.26. The van der Waals surface area contributed by atoms with Gasteiger partial charge in [-0.3, -0.25) is 5.10 Å². The fourth-order valence-electron chi connectivity index (χ4n) is 1.66. The van der Waals surface area contributed by atoms with Crippen molar-refractivity contribution in [2.24, 2.45) is 0 Å². The molecule has 0 atom stereocenters. The highest BCUT2D eigenvalue weighted by Gasteiger charge is 2.28. The average Bonchev–Trinajstić information content (AvgIpc) is 2.79. The molecule has 1 fully saturated rings. The molecule has 3 nitrogen and oxygen atoms in total. The number of rotatable bonds is 2. The van der Waals surface area contributed by atoms with Crippen LogP contribution in [-0.4, -0.2) is 15.7 Å². The highest BCUT2D eigenvalue weighted by molar-refractivity contribution is 5.48. The Morgan fingerprint density at radius 2 is 2.00 bits per heavy atom. The number of anilines is 1. The van der Waals surface area contributed by atoms with Crippen LogP contribution in [0.25, 0.3) is 0 Å². The molecule has 1 aromatic heterocycles. The summed E-state index contributed by atoms with van der Waals surface area (Å²) >= 11 is 0. The number of hydrogen-bond donors (Lipinski definition) is 2. The molecule has 1 aliphatic carbocycles. The van der Waals surface area contributed by atoms with Crippen LogP contribution >= 0.6 is 0 Å². The van der Waals surface area contributed by atoms with Crippen LogP contribution in [0.15, 0.2) is 0 Å². The summed E-state index contributed by atoms with van der Waals surface area (Å²) in [6.07, 6.45) is 2.63. The van der Waals surface area contributed by atoms with Crippen molar-refractivity contribution < 1.29 is 0 Å². The molecule has 1 aromatic rings. The van der Waals surface area contributed by atoms with E-state index in [1.165, 1.54) is 24.1 Å². The summed E-state index contributed by atoms with van der Waals surface area (Å²) in [6, 6.07) is 0. The van der Waals surface area contributed by atoms with Gasteiger partial charge < -0.3 is 5.32 Å². The third-order valence-corrected chi connectivity index (χ3v) is 2.53. The highest BCUT2D eigenvalue weighted by Crippen LogP contribution is 2.41. The number of hydrogen-bond acceptors (Lipinski definition) is 2. The smallest absolute Gasteiger partial charge is 0.151 e.